The standard InChI is InChI=1S/C17H21ClN4O3/c1-17(2,3)25-16(24)22-6-4-10(5-7-22)14-20-12-9-19-13(18)8-11(12)15(23)21-14/h8-10H,4-7H2,1-3H3,(H,20,21,23). The summed E-state index contributed by atoms with van der Waals surface area (Å²) >= 11 is 5.83. The lowest BCUT2D eigenvalue weighted by molar-refractivity contribution is 0.0203. The minimum Gasteiger partial charge on any atom is -0.444 e. The van der Waals surface area contributed by atoms with E-state index in [1.165, 1.54) is 12.3 Å². The number of likely N-dealkylation sites (tertiary alicyclic amines) is 1. The van der Waals surface area contributed by atoms with Crippen molar-refractivity contribution in [3.8, 4) is 0 Å². The van der Waals surface area contributed by atoms with E-state index in [2.05, 4.69) is 15.0 Å². The first-order chi connectivity index (χ1) is 11.7. The number of aromatic amines is 1. The summed E-state index contributed by atoms with van der Waals surface area (Å²) in [5.74, 6) is 0.719. The molecule has 8 heteroatoms. The number of rotatable bonds is 1. The van der Waals surface area contributed by atoms with E-state index in [-0.39, 0.29) is 22.7 Å². The number of amides is 1. The maximum absolute atomic E-state index is 12.3. The predicted octanol–water partition coefficient (Wildman–Crippen LogP) is 3.09. The number of aromatic nitrogens is 3. The van der Waals surface area contributed by atoms with Gasteiger partial charge in [-0.25, -0.2) is 14.8 Å². The van der Waals surface area contributed by atoms with Crippen molar-refractivity contribution in [1.29, 1.82) is 0 Å². The molecule has 25 heavy (non-hydrogen) atoms. The van der Waals surface area contributed by atoms with Crippen LogP contribution >= 0.6 is 11.6 Å². The van der Waals surface area contributed by atoms with E-state index in [9.17, 15) is 9.59 Å². The zero-order chi connectivity index (χ0) is 18.2. The molecule has 1 aliphatic heterocycles. The highest BCUT2D eigenvalue weighted by molar-refractivity contribution is 6.30. The molecule has 0 spiro atoms. The van der Waals surface area contributed by atoms with Crippen LogP contribution in [0.5, 0.6) is 0 Å². The van der Waals surface area contributed by atoms with Gasteiger partial charge in [0, 0.05) is 19.0 Å². The van der Waals surface area contributed by atoms with Crippen LogP contribution < -0.4 is 5.56 Å². The number of halogens is 1. The Hall–Kier alpha value is -2.15. The molecule has 1 amide bonds. The van der Waals surface area contributed by atoms with Gasteiger partial charge in [-0.2, -0.15) is 0 Å². The number of H-pyrrole nitrogens is 1. The highest BCUT2D eigenvalue weighted by Crippen LogP contribution is 2.26. The summed E-state index contributed by atoms with van der Waals surface area (Å²) in [4.78, 5) is 37.4. The molecule has 2 aromatic heterocycles. The van der Waals surface area contributed by atoms with Crippen molar-refractivity contribution in [2.24, 2.45) is 0 Å². The van der Waals surface area contributed by atoms with Crippen LogP contribution in [0.2, 0.25) is 5.15 Å². The highest BCUT2D eigenvalue weighted by Gasteiger charge is 2.28. The van der Waals surface area contributed by atoms with Gasteiger partial charge in [-0.3, -0.25) is 4.79 Å². The highest BCUT2D eigenvalue weighted by atomic mass is 35.5. The summed E-state index contributed by atoms with van der Waals surface area (Å²) in [5, 5.41) is 0.688. The molecule has 2 aromatic rings. The second kappa shape index (κ2) is 6.63. The average Bonchev–Trinajstić information content (AvgIpc) is 2.54. The molecule has 1 saturated heterocycles. The molecule has 1 fully saturated rings. The van der Waals surface area contributed by atoms with Crippen LogP contribution in [0.25, 0.3) is 10.9 Å². The maximum atomic E-state index is 12.3. The van der Waals surface area contributed by atoms with Crippen molar-refractivity contribution in [3.05, 3.63) is 33.6 Å². The van der Waals surface area contributed by atoms with E-state index in [0.29, 0.717) is 42.7 Å². The number of nitrogens with zero attached hydrogens (tertiary/aromatic N) is 3. The predicted molar refractivity (Wildman–Crippen MR) is 95.0 cm³/mol. The number of pyridine rings is 1. The lowest BCUT2D eigenvalue weighted by Gasteiger charge is -2.33. The van der Waals surface area contributed by atoms with Gasteiger partial charge in [0.1, 0.15) is 16.6 Å². The van der Waals surface area contributed by atoms with Gasteiger partial charge >= 0.3 is 6.09 Å². The molecule has 0 radical (unpaired) electrons. The Labute approximate surface area is 150 Å². The van der Waals surface area contributed by atoms with E-state index in [1.54, 1.807) is 4.90 Å². The van der Waals surface area contributed by atoms with Crippen LogP contribution in [0.3, 0.4) is 0 Å². The van der Waals surface area contributed by atoms with E-state index < -0.39 is 5.60 Å². The van der Waals surface area contributed by atoms with Gasteiger partial charge in [-0.1, -0.05) is 11.6 Å². The molecule has 134 valence electrons. The van der Waals surface area contributed by atoms with E-state index in [4.69, 9.17) is 16.3 Å². The second-order valence-corrected chi connectivity index (χ2v) is 7.60. The molecule has 0 unspecified atom stereocenters. The van der Waals surface area contributed by atoms with Crippen LogP contribution in [-0.2, 0) is 4.74 Å². The molecule has 1 aliphatic rings. The molecule has 3 heterocycles. The molecule has 3 rings (SSSR count). The van der Waals surface area contributed by atoms with E-state index >= 15 is 0 Å². The quantitative estimate of drug-likeness (QED) is 0.785. The summed E-state index contributed by atoms with van der Waals surface area (Å²) in [7, 11) is 0. The first-order valence-electron chi connectivity index (χ1n) is 8.26. The van der Waals surface area contributed by atoms with Gasteiger partial charge in [-0.05, 0) is 39.7 Å². The monoisotopic (exact) mass is 364 g/mol. The van der Waals surface area contributed by atoms with Crippen molar-refractivity contribution in [2.45, 2.75) is 45.1 Å². The molecule has 0 aromatic carbocycles. The van der Waals surface area contributed by atoms with Gasteiger partial charge in [0.25, 0.3) is 5.56 Å². The first-order valence-corrected chi connectivity index (χ1v) is 8.64. The fourth-order valence-electron chi connectivity index (χ4n) is 2.89. The summed E-state index contributed by atoms with van der Waals surface area (Å²) < 4.78 is 5.40. The number of nitrogens with one attached hydrogen (secondary N) is 1. The van der Waals surface area contributed by atoms with Crippen molar-refractivity contribution in [3.63, 3.8) is 0 Å². The zero-order valence-corrected chi connectivity index (χ0v) is 15.3. The SMILES string of the molecule is CC(C)(C)OC(=O)N1CCC(c2nc3cnc(Cl)cc3c(=O)[nH]2)CC1. The summed E-state index contributed by atoms with van der Waals surface area (Å²) in [6, 6.07) is 1.51. The number of ether oxygens (including phenoxy) is 1. The second-order valence-electron chi connectivity index (χ2n) is 7.22. The third kappa shape index (κ3) is 4.10. The fraction of sp³-hybridized carbons (Fsp3) is 0.529. The van der Waals surface area contributed by atoms with E-state index in [1.807, 2.05) is 20.8 Å². The number of carbonyl (C=O) groups is 1. The Morgan fingerprint density at radius 1 is 1.36 bits per heavy atom. The van der Waals surface area contributed by atoms with Gasteiger partial charge in [-0.15, -0.1) is 0 Å². The molecule has 0 aliphatic carbocycles. The van der Waals surface area contributed by atoms with Crippen LogP contribution in [0, 0.1) is 0 Å². The molecule has 7 nitrogen and oxygen atoms in total. The van der Waals surface area contributed by atoms with Gasteiger partial charge in [0.05, 0.1) is 17.1 Å². The number of hydrogen-bond donors (Lipinski definition) is 1. The van der Waals surface area contributed by atoms with Gasteiger partial charge < -0.3 is 14.6 Å². The number of fused-ring (bicyclic) bond motifs is 1. The lowest BCUT2D eigenvalue weighted by Crippen LogP contribution is -2.41. The van der Waals surface area contributed by atoms with Gasteiger partial charge in [0.2, 0.25) is 0 Å². The van der Waals surface area contributed by atoms with Crippen molar-refractivity contribution in [2.75, 3.05) is 13.1 Å². The van der Waals surface area contributed by atoms with Crippen molar-refractivity contribution >= 4 is 28.6 Å². The minimum atomic E-state index is -0.507. The molecular weight excluding hydrogens is 344 g/mol. The van der Waals surface area contributed by atoms with Crippen LogP contribution in [0.1, 0.15) is 45.4 Å². The topological polar surface area (TPSA) is 88.2 Å². The minimum absolute atomic E-state index is 0.0893. The van der Waals surface area contributed by atoms with Gasteiger partial charge in [0.15, 0.2) is 0 Å². The average molecular weight is 365 g/mol. The number of piperidine rings is 1. The zero-order valence-electron chi connectivity index (χ0n) is 14.5. The Kier molecular flexibility index (Phi) is 4.69. The van der Waals surface area contributed by atoms with Crippen molar-refractivity contribution < 1.29 is 9.53 Å². The number of carbonyl (C=O) groups excluding carboxylic acids is 1. The molecule has 0 bridgehead atoms. The summed E-state index contributed by atoms with van der Waals surface area (Å²) in [6.45, 7) is 6.69. The fourth-order valence-corrected chi connectivity index (χ4v) is 3.05. The Morgan fingerprint density at radius 3 is 2.68 bits per heavy atom. The summed E-state index contributed by atoms with van der Waals surface area (Å²) in [6.07, 6.45) is 2.64. The third-order valence-electron chi connectivity index (χ3n) is 4.11. The van der Waals surface area contributed by atoms with Crippen LogP contribution in [-0.4, -0.2) is 44.6 Å². The smallest absolute Gasteiger partial charge is 0.410 e. The normalized spacial score (nSPS) is 16.2. The Balaban J connectivity index is 1.73. The maximum Gasteiger partial charge on any atom is 0.410 e. The van der Waals surface area contributed by atoms with Crippen molar-refractivity contribution in [1.82, 2.24) is 19.9 Å². The molecule has 1 N–H and O–H groups in total. The molecule has 0 saturated carbocycles. The largest absolute Gasteiger partial charge is 0.444 e. The number of hydrogen-bond acceptors (Lipinski definition) is 5. The Morgan fingerprint density at radius 2 is 2.04 bits per heavy atom. The van der Waals surface area contributed by atoms with Crippen LogP contribution in [0.15, 0.2) is 17.1 Å². The molecule has 0 atom stereocenters. The third-order valence-corrected chi connectivity index (χ3v) is 4.32. The molecular formula is C17H21ClN4O3. The Bertz CT molecular complexity index is 851. The summed E-state index contributed by atoms with van der Waals surface area (Å²) in [5.41, 5.74) is -0.204. The van der Waals surface area contributed by atoms with E-state index in [0.717, 1.165) is 0 Å². The first kappa shape index (κ1) is 17.7. The van der Waals surface area contributed by atoms with Crippen LogP contribution in [0.4, 0.5) is 4.79 Å². The lowest BCUT2D eigenvalue weighted by atomic mass is 9.96.